The molecule has 6 atom stereocenters. The Kier molecular flexibility index (Phi) is 3.08. The molecule has 5 rings (SSSR count). The fraction of sp³-hybridized carbons (Fsp3) is 0.611. The van der Waals surface area contributed by atoms with Crippen LogP contribution in [0.2, 0.25) is 0 Å². The van der Waals surface area contributed by atoms with E-state index in [0.29, 0.717) is 6.54 Å². The van der Waals surface area contributed by atoms with E-state index in [1.807, 2.05) is 44.2 Å². The van der Waals surface area contributed by atoms with Crippen LogP contribution >= 0.6 is 0 Å². The first kappa shape index (κ1) is 15.6. The second kappa shape index (κ2) is 4.94. The van der Waals surface area contributed by atoms with Crippen molar-refractivity contribution in [3.8, 4) is 0 Å². The Morgan fingerprint density at radius 2 is 1.84 bits per heavy atom. The summed E-state index contributed by atoms with van der Waals surface area (Å²) in [6, 6.07) is 9.46. The van der Waals surface area contributed by atoms with Crippen LogP contribution < -0.4 is 0 Å². The summed E-state index contributed by atoms with van der Waals surface area (Å²) in [6.07, 6.45) is -2.04. The van der Waals surface area contributed by atoms with Crippen molar-refractivity contribution in [2.45, 2.75) is 62.2 Å². The normalized spacial score (nSPS) is 43.2. The highest BCUT2D eigenvalue weighted by Gasteiger charge is 2.79. The number of rotatable bonds is 3. The molecular formula is C18H21NO6. The maximum atomic E-state index is 12.5. The number of carbonyl (C=O) groups excluding carboxylic acids is 1. The third kappa shape index (κ3) is 2.10. The largest absolute Gasteiger partial charge is 0.441 e. The number of amides is 1. The standard InChI is InChI=1S/C18H21NO6/c1-17(2)23-13-12-11(14-18(9-20,25-14)15(13)24-17)19(16(21)22-12)8-10-6-4-3-5-7-10/h3-7,11-15,20H,8-9H2,1-2H3/t11-,12+,13-,14-,15+,18-/m1/s1. The van der Waals surface area contributed by atoms with E-state index in [-0.39, 0.29) is 24.8 Å². The molecule has 7 heteroatoms. The SMILES string of the molecule is CC1(C)O[C@@H]2[C@H]3OC(=O)N(Cc4ccccc4)[C@H]3[C@H]3O[C@@]3(CO)[C@H]2O1. The molecule has 1 aromatic carbocycles. The highest BCUT2D eigenvalue weighted by atomic mass is 16.8. The number of aliphatic hydroxyl groups is 1. The van der Waals surface area contributed by atoms with Gasteiger partial charge in [-0.15, -0.1) is 0 Å². The summed E-state index contributed by atoms with van der Waals surface area (Å²) < 4.78 is 23.6. The third-order valence-electron chi connectivity index (χ3n) is 5.63. The topological polar surface area (TPSA) is 80.8 Å². The van der Waals surface area contributed by atoms with E-state index in [9.17, 15) is 9.90 Å². The monoisotopic (exact) mass is 347 g/mol. The summed E-state index contributed by atoms with van der Waals surface area (Å²) in [5, 5.41) is 9.97. The molecule has 3 heterocycles. The zero-order valence-corrected chi connectivity index (χ0v) is 14.1. The molecule has 25 heavy (non-hydrogen) atoms. The number of epoxide rings is 1. The lowest BCUT2D eigenvalue weighted by Gasteiger charge is -2.34. The van der Waals surface area contributed by atoms with Crippen LogP contribution in [0.1, 0.15) is 19.4 Å². The molecule has 1 N–H and O–H groups in total. The van der Waals surface area contributed by atoms with Crippen LogP contribution in [0, 0.1) is 0 Å². The minimum absolute atomic E-state index is 0.172. The molecule has 0 bridgehead atoms. The predicted octanol–water partition coefficient (Wildman–Crippen LogP) is 1.04. The quantitative estimate of drug-likeness (QED) is 0.823. The van der Waals surface area contributed by atoms with E-state index in [1.165, 1.54) is 0 Å². The molecule has 7 nitrogen and oxygen atoms in total. The van der Waals surface area contributed by atoms with Crippen LogP contribution in [0.5, 0.6) is 0 Å². The van der Waals surface area contributed by atoms with Gasteiger partial charge < -0.3 is 24.1 Å². The average molecular weight is 347 g/mol. The van der Waals surface area contributed by atoms with Crippen LogP contribution in [0.4, 0.5) is 4.79 Å². The molecule has 0 spiro atoms. The number of fused-ring (bicyclic) bond motifs is 6. The van der Waals surface area contributed by atoms with Crippen molar-refractivity contribution in [3.63, 3.8) is 0 Å². The van der Waals surface area contributed by atoms with E-state index in [4.69, 9.17) is 18.9 Å². The van der Waals surface area contributed by atoms with Gasteiger partial charge in [-0.2, -0.15) is 0 Å². The second-order valence-electron chi connectivity index (χ2n) is 7.62. The van der Waals surface area contributed by atoms with Crippen LogP contribution in [-0.2, 0) is 25.5 Å². The summed E-state index contributed by atoms with van der Waals surface area (Å²) in [6.45, 7) is 3.90. The number of carbonyl (C=O) groups is 1. The summed E-state index contributed by atoms with van der Waals surface area (Å²) in [7, 11) is 0. The maximum Gasteiger partial charge on any atom is 0.410 e. The number of aliphatic hydroxyl groups excluding tert-OH is 1. The minimum atomic E-state index is -0.817. The summed E-state index contributed by atoms with van der Waals surface area (Å²) in [5.74, 6) is -0.803. The lowest BCUT2D eigenvalue weighted by Crippen LogP contribution is -2.60. The third-order valence-corrected chi connectivity index (χ3v) is 5.63. The van der Waals surface area contributed by atoms with E-state index < -0.39 is 29.7 Å². The zero-order chi connectivity index (χ0) is 17.4. The molecule has 1 aliphatic carbocycles. The number of ether oxygens (including phenoxy) is 4. The first-order valence-electron chi connectivity index (χ1n) is 8.61. The van der Waals surface area contributed by atoms with Crippen molar-refractivity contribution >= 4 is 6.09 Å². The predicted molar refractivity (Wildman–Crippen MR) is 84.6 cm³/mol. The van der Waals surface area contributed by atoms with E-state index in [1.54, 1.807) is 4.90 Å². The minimum Gasteiger partial charge on any atom is -0.441 e. The van der Waals surface area contributed by atoms with Crippen LogP contribution in [0.3, 0.4) is 0 Å². The molecule has 0 aromatic heterocycles. The van der Waals surface area contributed by atoms with Crippen LogP contribution in [0.25, 0.3) is 0 Å². The highest BCUT2D eigenvalue weighted by molar-refractivity contribution is 5.71. The van der Waals surface area contributed by atoms with E-state index >= 15 is 0 Å². The fourth-order valence-corrected chi connectivity index (χ4v) is 4.51. The van der Waals surface area contributed by atoms with Gasteiger partial charge in [0.05, 0.1) is 6.61 Å². The zero-order valence-electron chi connectivity index (χ0n) is 14.1. The molecule has 134 valence electrons. The first-order valence-corrected chi connectivity index (χ1v) is 8.61. The van der Waals surface area contributed by atoms with Crippen LogP contribution in [-0.4, -0.2) is 64.6 Å². The van der Waals surface area contributed by atoms with Crippen molar-refractivity contribution in [2.75, 3.05) is 6.61 Å². The van der Waals surface area contributed by atoms with Gasteiger partial charge in [-0.1, -0.05) is 30.3 Å². The van der Waals surface area contributed by atoms with Gasteiger partial charge in [-0.25, -0.2) is 4.79 Å². The first-order chi connectivity index (χ1) is 12.0. The Morgan fingerprint density at radius 1 is 1.08 bits per heavy atom. The van der Waals surface area contributed by atoms with Gasteiger partial charge in [-0.05, 0) is 19.4 Å². The van der Waals surface area contributed by atoms with E-state index in [2.05, 4.69) is 0 Å². The van der Waals surface area contributed by atoms with Gasteiger partial charge in [0, 0.05) is 6.54 Å². The maximum absolute atomic E-state index is 12.5. The Morgan fingerprint density at radius 3 is 2.56 bits per heavy atom. The number of nitrogens with zero attached hydrogens (tertiary/aromatic N) is 1. The van der Waals surface area contributed by atoms with Crippen molar-refractivity contribution in [2.24, 2.45) is 0 Å². The van der Waals surface area contributed by atoms with Crippen molar-refractivity contribution in [3.05, 3.63) is 35.9 Å². The molecule has 1 saturated carbocycles. The second-order valence-corrected chi connectivity index (χ2v) is 7.62. The lowest BCUT2D eigenvalue weighted by molar-refractivity contribution is -0.158. The average Bonchev–Trinajstić information content (AvgIpc) is 3.12. The molecule has 1 amide bonds. The molecule has 1 aromatic rings. The lowest BCUT2D eigenvalue weighted by atomic mass is 9.79. The highest BCUT2D eigenvalue weighted by Crippen LogP contribution is 2.57. The van der Waals surface area contributed by atoms with Crippen molar-refractivity contribution in [1.29, 1.82) is 0 Å². The Balaban J connectivity index is 1.48. The van der Waals surface area contributed by atoms with Gasteiger partial charge in [0.1, 0.15) is 30.0 Å². The molecule has 0 unspecified atom stereocenters. The number of benzene rings is 1. The molecular weight excluding hydrogens is 326 g/mol. The van der Waals surface area contributed by atoms with Crippen molar-refractivity contribution < 1.29 is 28.8 Å². The Labute approximate surface area is 145 Å². The van der Waals surface area contributed by atoms with E-state index in [0.717, 1.165) is 5.56 Å². The number of hydrogen-bond donors (Lipinski definition) is 1. The van der Waals surface area contributed by atoms with Crippen molar-refractivity contribution in [1.82, 2.24) is 4.90 Å². The van der Waals surface area contributed by atoms with Gasteiger partial charge in [0.2, 0.25) is 0 Å². The van der Waals surface area contributed by atoms with Gasteiger partial charge in [0.25, 0.3) is 0 Å². The Hall–Kier alpha value is -1.67. The summed E-state index contributed by atoms with van der Waals surface area (Å²) in [5.41, 5.74) is 0.198. The van der Waals surface area contributed by atoms with Gasteiger partial charge >= 0.3 is 6.09 Å². The summed E-state index contributed by atoms with van der Waals surface area (Å²) in [4.78, 5) is 14.2. The van der Waals surface area contributed by atoms with Crippen LogP contribution in [0.15, 0.2) is 30.3 Å². The molecule has 3 aliphatic heterocycles. The summed E-state index contributed by atoms with van der Waals surface area (Å²) >= 11 is 0. The molecule has 4 fully saturated rings. The molecule has 3 saturated heterocycles. The fourth-order valence-electron chi connectivity index (χ4n) is 4.51. The molecule has 0 radical (unpaired) electrons. The number of hydrogen-bond acceptors (Lipinski definition) is 6. The van der Waals surface area contributed by atoms with Gasteiger partial charge in [-0.3, -0.25) is 4.90 Å². The Bertz CT molecular complexity index is 709. The van der Waals surface area contributed by atoms with Gasteiger partial charge in [0.15, 0.2) is 11.9 Å². The molecule has 4 aliphatic rings. The smallest absolute Gasteiger partial charge is 0.410 e.